The number of ether oxygens (including phenoxy) is 1. The monoisotopic (exact) mass is 266 g/mol. The van der Waals surface area contributed by atoms with E-state index in [2.05, 4.69) is 0 Å². The lowest BCUT2D eigenvalue weighted by Crippen LogP contribution is -2.44. The molecule has 0 radical (unpaired) electrons. The van der Waals surface area contributed by atoms with Gasteiger partial charge < -0.3 is 15.6 Å². The molecule has 1 aromatic rings. The first-order valence-corrected chi connectivity index (χ1v) is 6.16. The molecule has 106 valence electrons. The van der Waals surface area contributed by atoms with Gasteiger partial charge in [-0.1, -0.05) is 6.07 Å². The zero-order valence-electron chi connectivity index (χ0n) is 11.9. The van der Waals surface area contributed by atoms with Gasteiger partial charge in [0.05, 0.1) is 7.11 Å². The number of hydrogen-bond acceptors (Lipinski definition) is 3. The van der Waals surface area contributed by atoms with Gasteiger partial charge in [-0.2, -0.15) is 0 Å². The number of methoxy groups -OCH3 is 1. The highest BCUT2D eigenvalue weighted by molar-refractivity contribution is 5.66. The quantitative estimate of drug-likeness (QED) is 0.877. The summed E-state index contributed by atoms with van der Waals surface area (Å²) in [6, 6.07) is 5.53. The topological polar surface area (TPSA) is 75.8 Å². The predicted molar refractivity (Wildman–Crippen MR) is 74.2 cm³/mol. The number of hydrogen-bond donors (Lipinski definition) is 2. The average Bonchev–Trinajstić information content (AvgIpc) is 2.33. The number of carbonyl (C=O) groups is 1. The van der Waals surface area contributed by atoms with Crippen molar-refractivity contribution in [3.63, 3.8) is 0 Å². The minimum atomic E-state index is -0.939. The van der Waals surface area contributed by atoms with E-state index in [4.69, 9.17) is 10.5 Å². The third kappa shape index (κ3) is 3.86. The molecule has 0 atom stereocenters. The lowest BCUT2D eigenvalue weighted by molar-refractivity contribution is 0.0954. The van der Waals surface area contributed by atoms with Crippen LogP contribution >= 0.6 is 0 Å². The molecule has 5 nitrogen and oxygen atoms in total. The molecule has 0 saturated carbocycles. The highest BCUT2D eigenvalue weighted by Gasteiger charge is 2.26. The fourth-order valence-electron chi connectivity index (χ4n) is 1.84. The van der Waals surface area contributed by atoms with Crippen LogP contribution in [0.2, 0.25) is 0 Å². The van der Waals surface area contributed by atoms with Crippen molar-refractivity contribution in [1.82, 2.24) is 4.90 Å². The summed E-state index contributed by atoms with van der Waals surface area (Å²) in [5, 5.41) is 9.30. The molecule has 0 saturated heterocycles. The molecule has 19 heavy (non-hydrogen) atoms. The van der Waals surface area contributed by atoms with Crippen molar-refractivity contribution in [2.24, 2.45) is 5.73 Å². The molecule has 0 aliphatic heterocycles. The maximum absolute atomic E-state index is 11.3. The molecule has 0 aliphatic carbocycles. The summed E-state index contributed by atoms with van der Waals surface area (Å²) in [6.45, 7) is 6.27. The first kappa shape index (κ1) is 15.3. The molecule has 0 bridgehead atoms. The first-order valence-electron chi connectivity index (χ1n) is 6.16. The van der Waals surface area contributed by atoms with E-state index in [1.54, 1.807) is 7.11 Å². The fourth-order valence-corrected chi connectivity index (χ4v) is 1.84. The Balaban J connectivity index is 3.06. The highest BCUT2D eigenvalue weighted by atomic mass is 16.5. The zero-order chi connectivity index (χ0) is 14.6. The summed E-state index contributed by atoms with van der Waals surface area (Å²) >= 11 is 0. The number of amides is 1. The Morgan fingerprint density at radius 2 is 2.00 bits per heavy atom. The summed E-state index contributed by atoms with van der Waals surface area (Å²) in [6.07, 6.45) is -0.939. The Morgan fingerprint density at radius 3 is 2.42 bits per heavy atom. The molecule has 1 aromatic carbocycles. The van der Waals surface area contributed by atoms with E-state index < -0.39 is 11.6 Å². The van der Waals surface area contributed by atoms with Gasteiger partial charge in [0, 0.05) is 18.6 Å². The number of benzene rings is 1. The molecular formula is C14H22N2O3. The van der Waals surface area contributed by atoms with Crippen molar-refractivity contribution >= 4 is 6.09 Å². The lowest BCUT2D eigenvalue weighted by Gasteiger charge is -2.33. The fraction of sp³-hybridized carbons (Fsp3) is 0.500. The average molecular weight is 266 g/mol. The van der Waals surface area contributed by atoms with Gasteiger partial charge in [0.2, 0.25) is 0 Å². The van der Waals surface area contributed by atoms with E-state index in [1.807, 2.05) is 39.0 Å². The molecule has 5 heteroatoms. The first-order chi connectivity index (χ1) is 8.79. The van der Waals surface area contributed by atoms with Crippen LogP contribution in [0.3, 0.4) is 0 Å². The second-order valence-corrected chi connectivity index (χ2v) is 5.38. The maximum Gasteiger partial charge on any atom is 0.408 e. The Hall–Kier alpha value is -1.75. The Bertz CT molecular complexity index is 452. The molecule has 0 spiro atoms. The minimum absolute atomic E-state index is 0.315. The van der Waals surface area contributed by atoms with E-state index >= 15 is 0 Å². The summed E-state index contributed by atoms with van der Waals surface area (Å²) in [5.41, 5.74) is 7.05. The van der Waals surface area contributed by atoms with Crippen molar-refractivity contribution in [2.75, 3.05) is 7.11 Å². The van der Waals surface area contributed by atoms with Crippen LogP contribution < -0.4 is 10.5 Å². The van der Waals surface area contributed by atoms with Crippen LogP contribution in [-0.2, 0) is 13.1 Å². The van der Waals surface area contributed by atoms with E-state index in [9.17, 15) is 9.90 Å². The van der Waals surface area contributed by atoms with Crippen LogP contribution in [0.15, 0.2) is 18.2 Å². The molecule has 0 heterocycles. The van der Waals surface area contributed by atoms with Gasteiger partial charge in [0.1, 0.15) is 5.75 Å². The standard InChI is InChI=1S/C14H22N2O3/c1-14(2,3)16(13(17)18)9-10-5-6-12(19-4)7-11(10)8-15/h5-7H,8-9,15H2,1-4H3,(H,17,18). The third-order valence-corrected chi connectivity index (χ3v) is 3.00. The third-order valence-electron chi connectivity index (χ3n) is 3.00. The molecule has 1 amide bonds. The van der Waals surface area contributed by atoms with Gasteiger partial charge in [0.15, 0.2) is 0 Å². The van der Waals surface area contributed by atoms with E-state index in [0.29, 0.717) is 13.1 Å². The second kappa shape index (κ2) is 5.93. The van der Waals surface area contributed by atoms with Crippen LogP contribution in [0.4, 0.5) is 4.79 Å². The van der Waals surface area contributed by atoms with Crippen molar-refractivity contribution < 1.29 is 14.6 Å². The summed E-state index contributed by atoms with van der Waals surface area (Å²) in [4.78, 5) is 12.7. The Kier molecular flexibility index (Phi) is 4.78. The van der Waals surface area contributed by atoms with Crippen molar-refractivity contribution in [3.8, 4) is 5.75 Å². The van der Waals surface area contributed by atoms with Crippen molar-refractivity contribution in [2.45, 2.75) is 39.4 Å². The van der Waals surface area contributed by atoms with Gasteiger partial charge in [-0.15, -0.1) is 0 Å². The molecule has 1 rings (SSSR count). The van der Waals surface area contributed by atoms with Crippen molar-refractivity contribution in [3.05, 3.63) is 29.3 Å². The molecule has 0 fully saturated rings. The van der Waals surface area contributed by atoms with Crippen LogP contribution in [0.1, 0.15) is 31.9 Å². The van der Waals surface area contributed by atoms with Gasteiger partial charge in [-0.25, -0.2) is 4.79 Å². The highest BCUT2D eigenvalue weighted by Crippen LogP contribution is 2.22. The van der Waals surface area contributed by atoms with Gasteiger partial charge in [-0.3, -0.25) is 4.90 Å². The van der Waals surface area contributed by atoms with Crippen LogP contribution in [-0.4, -0.2) is 28.7 Å². The number of nitrogens with zero attached hydrogens (tertiary/aromatic N) is 1. The predicted octanol–water partition coefficient (Wildman–Crippen LogP) is 2.43. The summed E-state index contributed by atoms with van der Waals surface area (Å²) in [7, 11) is 1.59. The van der Waals surface area contributed by atoms with Gasteiger partial charge in [0.25, 0.3) is 0 Å². The minimum Gasteiger partial charge on any atom is -0.497 e. The molecular weight excluding hydrogens is 244 g/mol. The maximum atomic E-state index is 11.3. The largest absolute Gasteiger partial charge is 0.497 e. The van der Waals surface area contributed by atoms with Crippen LogP contribution in [0.5, 0.6) is 5.75 Å². The van der Waals surface area contributed by atoms with E-state index in [0.717, 1.165) is 16.9 Å². The number of carboxylic acid groups (broad SMARTS) is 1. The second-order valence-electron chi connectivity index (χ2n) is 5.38. The van der Waals surface area contributed by atoms with Gasteiger partial charge in [-0.05, 0) is 44.0 Å². The van der Waals surface area contributed by atoms with Gasteiger partial charge >= 0.3 is 6.09 Å². The summed E-state index contributed by atoms with van der Waals surface area (Å²) in [5.74, 6) is 0.724. The van der Waals surface area contributed by atoms with E-state index in [-0.39, 0.29) is 0 Å². The number of rotatable bonds is 4. The Morgan fingerprint density at radius 1 is 1.37 bits per heavy atom. The molecule has 0 aromatic heterocycles. The van der Waals surface area contributed by atoms with Crippen molar-refractivity contribution in [1.29, 1.82) is 0 Å². The van der Waals surface area contributed by atoms with Crippen LogP contribution in [0.25, 0.3) is 0 Å². The smallest absolute Gasteiger partial charge is 0.408 e. The summed E-state index contributed by atoms with van der Waals surface area (Å²) < 4.78 is 5.15. The normalized spacial score (nSPS) is 11.2. The molecule has 0 aliphatic rings. The molecule has 0 unspecified atom stereocenters. The Labute approximate surface area is 114 Å². The number of nitrogens with two attached hydrogens (primary N) is 1. The van der Waals surface area contributed by atoms with Crippen LogP contribution in [0, 0.1) is 0 Å². The molecule has 3 N–H and O–H groups in total. The lowest BCUT2D eigenvalue weighted by atomic mass is 10.0. The SMILES string of the molecule is COc1ccc(CN(C(=O)O)C(C)(C)C)c(CN)c1. The van der Waals surface area contributed by atoms with E-state index in [1.165, 1.54) is 4.90 Å². The zero-order valence-corrected chi connectivity index (χ0v) is 11.9.